The van der Waals surface area contributed by atoms with Crippen molar-refractivity contribution in [3.63, 3.8) is 0 Å². The molecule has 18 heavy (non-hydrogen) atoms. The summed E-state index contributed by atoms with van der Waals surface area (Å²) in [6.07, 6.45) is 0.823. The zero-order valence-corrected chi connectivity index (χ0v) is 10.4. The topological polar surface area (TPSA) is 59.3 Å². The van der Waals surface area contributed by atoms with E-state index >= 15 is 0 Å². The van der Waals surface area contributed by atoms with Gasteiger partial charge in [0.2, 0.25) is 0 Å². The molecule has 0 aliphatic rings. The number of carbonyl (C=O) groups is 1. The lowest BCUT2D eigenvalue weighted by atomic mass is 10.1. The molecule has 0 spiro atoms. The molecule has 0 aliphatic heterocycles. The molecule has 0 fully saturated rings. The lowest BCUT2D eigenvalue weighted by Gasteiger charge is -2.04. The summed E-state index contributed by atoms with van der Waals surface area (Å²) in [7, 11) is 0. The van der Waals surface area contributed by atoms with Crippen LogP contribution in [0.2, 0.25) is 0 Å². The van der Waals surface area contributed by atoms with Crippen LogP contribution in [0.5, 0.6) is 0 Å². The zero-order chi connectivity index (χ0) is 13.1. The third-order valence-corrected chi connectivity index (χ3v) is 2.74. The van der Waals surface area contributed by atoms with Crippen molar-refractivity contribution in [1.29, 1.82) is 0 Å². The van der Waals surface area contributed by atoms with Crippen LogP contribution in [0.1, 0.15) is 29.3 Å². The number of amides is 1. The van der Waals surface area contributed by atoms with Crippen molar-refractivity contribution in [2.75, 3.05) is 6.54 Å². The third kappa shape index (κ3) is 2.27. The molecule has 4 nitrogen and oxygen atoms in total. The van der Waals surface area contributed by atoms with Crippen LogP contribution in [0, 0.1) is 6.92 Å². The van der Waals surface area contributed by atoms with Crippen molar-refractivity contribution in [1.82, 2.24) is 5.32 Å². The van der Waals surface area contributed by atoms with Crippen molar-refractivity contribution in [2.24, 2.45) is 0 Å². The van der Waals surface area contributed by atoms with E-state index in [1.54, 1.807) is 6.07 Å². The summed E-state index contributed by atoms with van der Waals surface area (Å²) >= 11 is 0. The van der Waals surface area contributed by atoms with Gasteiger partial charge in [-0.2, -0.15) is 0 Å². The van der Waals surface area contributed by atoms with Gasteiger partial charge in [0, 0.05) is 11.9 Å². The van der Waals surface area contributed by atoms with E-state index in [2.05, 4.69) is 5.32 Å². The molecular formula is C14H15NO3. The highest BCUT2D eigenvalue weighted by molar-refractivity contribution is 5.96. The van der Waals surface area contributed by atoms with Crippen LogP contribution in [0.15, 0.2) is 33.5 Å². The molecule has 1 aromatic heterocycles. The van der Waals surface area contributed by atoms with Crippen LogP contribution < -0.4 is 10.9 Å². The predicted octanol–water partition coefficient (Wildman–Crippen LogP) is 2.24. The highest BCUT2D eigenvalue weighted by atomic mass is 16.4. The Bertz CT molecular complexity index is 643. The fourth-order valence-electron chi connectivity index (χ4n) is 1.78. The molecule has 0 radical (unpaired) electrons. The smallest absolute Gasteiger partial charge is 0.349 e. The van der Waals surface area contributed by atoms with Gasteiger partial charge in [-0.05, 0) is 25.0 Å². The molecule has 0 unspecified atom stereocenters. The van der Waals surface area contributed by atoms with Crippen LogP contribution in [0.4, 0.5) is 0 Å². The first-order valence-corrected chi connectivity index (χ1v) is 5.95. The Morgan fingerprint density at radius 2 is 2.17 bits per heavy atom. The molecule has 0 saturated heterocycles. The molecule has 0 bridgehead atoms. The Labute approximate surface area is 105 Å². The minimum atomic E-state index is -0.592. The van der Waals surface area contributed by atoms with Gasteiger partial charge in [-0.25, -0.2) is 4.79 Å². The first kappa shape index (κ1) is 12.4. The Hall–Kier alpha value is -2.10. The van der Waals surface area contributed by atoms with Gasteiger partial charge in [0.1, 0.15) is 11.1 Å². The molecule has 0 atom stereocenters. The van der Waals surface area contributed by atoms with E-state index in [1.165, 1.54) is 0 Å². The van der Waals surface area contributed by atoms with Gasteiger partial charge in [0.25, 0.3) is 5.91 Å². The summed E-state index contributed by atoms with van der Waals surface area (Å²) in [5.41, 5.74) is 0.881. The molecule has 4 heteroatoms. The third-order valence-electron chi connectivity index (χ3n) is 2.74. The average Bonchev–Trinajstić information content (AvgIpc) is 2.36. The van der Waals surface area contributed by atoms with Gasteiger partial charge in [0.15, 0.2) is 0 Å². The van der Waals surface area contributed by atoms with E-state index in [4.69, 9.17) is 4.42 Å². The second kappa shape index (κ2) is 5.04. The second-order valence-electron chi connectivity index (χ2n) is 4.20. The summed E-state index contributed by atoms with van der Waals surface area (Å²) in [6.45, 7) is 4.36. The number of hydrogen-bond donors (Lipinski definition) is 1. The van der Waals surface area contributed by atoms with E-state index in [-0.39, 0.29) is 11.5 Å². The molecule has 0 aliphatic carbocycles. The van der Waals surface area contributed by atoms with E-state index < -0.39 is 5.63 Å². The summed E-state index contributed by atoms with van der Waals surface area (Å²) in [6, 6.07) is 7.13. The number of benzene rings is 1. The van der Waals surface area contributed by atoms with Crippen LogP contribution in [0.25, 0.3) is 11.0 Å². The largest absolute Gasteiger partial charge is 0.422 e. The molecule has 1 N–H and O–H groups in total. The maximum Gasteiger partial charge on any atom is 0.349 e. The highest BCUT2D eigenvalue weighted by Crippen LogP contribution is 2.17. The van der Waals surface area contributed by atoms with E-state index in [1.807, 2.05) is 32.0 Å². The van der Waals surface area contributed by atoms with Crippen LogP contribution in [-0.4, -0.2) is 12.5 Å². The number of carbonyl (C=O) groups excluding carboxylic acids is 1. The fourth-order valence-corrected chi connectivity index (χ4v) is 1.78. The number of para-hydroxylation sites is 1. The van der Waals surface area contributed by atoms with Gasteiger partial charge >= 0.3 is 5.63 Å². The van der Waals surface area contributed by atoms with Crippen LogP contribution >= 0.6 is 0 Å². The quantitative estimate of drug-likeness (QED) is 0.844. The summed E-state index contributed by atoms with van der Waals surface area (Å²) < 4.78 is 5.21. The summed E-state index contributed by atoms with van der Waals surface area (Å²) in [5.74, 6) is -0.381. The lowest BCUT2D eigenvalue weighted by molar-refractivity contribution is 0.0950. The SMILES string of the molecule is CCCNC(=O)c1cc2cccc(C)c2oc1=O. The van der Waals surface area contributed by atoms with Crippen molar-refractivity contribution < 1.29 is 9.21 Å². The highest BCUT2D eigenvalue weighted by Gasteiger charge is 2.13. The van der Waals surface area contributed by atoms with E-state index in [0.29, 0.717) is 12.1 Å². The first-order valence-electron chi connectivity index (χ1n) is 5.95. The first-order chi connectivity index (χ1) is 8.63. The molecule has 94 valence electrons. The number of rotatable bonds is 3. The standard InChI is InChI=1S/C14H15NO3/c1-3-7-15-13(16)11-8-10-6-4-5-9(2)12(10)18-14(11)17/h4-6,8H,3,7H2,1-2H3,(H,15,16). The second-order valence-corrected chi connectivity index (χ2v) is 4.20. The number of hydrogen-bond acceptors (Lipinski definition) is 3. The minimum absolute atomic E-state index is 0.0570. The molecule has 2 aromatic rings. The Balaban J connectivity index is 2.50. The molecule has 1 aromatic carbocycles. The number of fused-ring (bicyclic) bond motifs is 1. The Morgan fingerprint density at radius 1 is 1.39 bits per heavy atom. The predicted molar refractivity (Wildman–Crippen MR) is 69.8 cm³/mol. The van der Waals surface area contributed by atoms with Crippen molar-refractivity contribution >= 4 is 16.9 Å². The average molecular weight is 245 g/mol. The van der Waals surface area contributed by atoms with E-state index in [0.717, 1.165) is 17.4 Å². The van der Waals surface area contributed by atoms with Gasteiger partial charge in [-0.1, -0.05) is 25.1 Å². The molecule has 0 saturated carbocycles. The maximum absolute atomic E-state index is 11.8. The lowest BCUT2D eigenvalue weighted by Crippen LogP contribution is -2.28. The Kier molecular flexibility index (Phi) is 3.46. The van der Waals surface area contributed by atoms with Crippen LogP contribution in [-0.2, 0) is 0 Å². The van der Waals surface area contributed by atoms with Gasteiger partial charge in [-0.3, -0.25) is 4.79 Å². The monoisotopic (exact) mass is 245 g/mol. The molecule has 1 heterocycles. The van der Waals surface area contributed by atoms with Gasteiger partial charge in [0.05, 0.1) is 0 Å². The fraction of sp³-hybridized carbons (Fsp3) is 0.286. The summed E-state index contributed by atoms with van der Waals surface area (Å²) in [5, 5.41) is 3.43. The minimum Gasteiger partial charge on any atom is -0.422 e. The molecule has 2 rings (SSSR count). The zero-order valence-electron chi connectivity index (χ0n) is 10.4. The van der Waals surface area contributed by atoms with Crippen molar-refractivity contribution in [3.05, 3.63) is 45.8 Å². The van der Waals surface area contributed by atoms with Gasteiger partial charge < -0.3 is 9.73 Å². The van der Waals surface area contributed by atoms with Crippen LogP contribution in [0.3, 0.4) is 0 Å². The Morgan fingerprint density at radius 3 is 2.89 bits per heavy atom. The maximum atomic E-state index is 11.8. The van der Waals surface area contributed by atoms with Crippen molar-refractivity contribution in [3.8, 4) is 0 Å². The normalized spacial score (nSPS) is 10.6. The number of aryl methyl sites for hydroxylation is 1. The van der Waals surface area contributed by atoms with Gasteiger partial charge in [-0.15, -0.1) is 0 Å². The number of nitrogens with one attached hydrogen (secondary N) is 1. The van der Waals surface area contributed by atoms with Crippen molar-refractivity contribution in [2.45, 2.75) is 20.3 Å². The summed E-state index contributed by atoms with van der Waals surface area (Å²) in [4.78, 5) is 23.5. The van der Waals surface area contributed by atoms with E-state index in [9.17, 15) is 9.59 Å². The molecular weight excluding hydrogens is 230 g/mol. The molecule has 1 amide bonds.